The number of carbonyl (C=O) groups excluding carboxylic acids is 1. The van der Waals surface area contributed by atoms with Crippen molar-refractivity contribution < 1.29 is 14.6 Å². The summed E-state index contributed by atoms with van der Waals surface area (Å²) >= 11 is 0. The first-order valence-electron chi connectivity index (χ1n) is 7.30. The van der Waals surface area contributed by atoms with Crippen LogP contribution in [0.25, 0.3) is 11.0 Å². The average Bonchev–Trinajstić information content (AvgIpc) is 3.01. The molecule has 1 heterocycles. The zero-order chi connectivity index (χ0) is 16.9. The van der Waals surface area contributed by atoms with Crippen LogP contribution < -0.4 is 15.3 Å². The molecule has 0 saturated heterocycles. The van der Waals surface area contributed by atoms with E-state index in [0.717, 1.165) is 16.6 Å². The van der Waals surface area contributed by atoms with E-state index in [9.17, 15) is 9.90 Å². The van der Waals surface area contributed by atoms with Crippen molar-refractivity contribution in [3.63, 3.8) is 0 Å². The molecule has 0 aliphatic rings. The van der Waals surface area contributed by atoms with Crippen molar-refractivity contribution in [3.8, 4) is 5.75 Å². The van der Waals surface area contributed by atoms with Gasteiger partial charge < -0.3 is 19.6 Å². The van der Waals surface area contributed by atoms with Gasteiger partial charge in [-0.15, -0.1) is 0 Å². The number of nitrogens with zero attached hydrogens (tertiary/aromatic N) is 2. The summed E-state index contributed by atoms with van der Waals surface area (Å²) in [6, 6.07) is 14.7. The van der Waals surface area contributed by atoms with E-state index in [1.54, 1.807) is 18.2 Å². The summed E-state index contributed by atoms with van der Waals surface area (Å²) in [4.78, 5) is 17.9. The Hall–Kier alpha value is -3.35. The van der Waals surface area contributed by atoms with Crippen molar-refractivity contribution in [2.75, 3.05) is 12.0 Å². The minimum absolute atomic E-state index is 0.440. The van der Waals surface area contributed by atoms with Crippen LogP contribution in [-0.4, -0.2) is 28.3 Å². The standard InChI is InChI=1S/C17H16N4O3/c1-11(12-5-4-6-13(9-12)24-10-16(22)23)20-21-17-18-14-7-2-3-8-15(14)19-17/h2-9H,10H2,1H3,(H,22,23)(H2,18,19,21)/p-1/b20-11-. The molecular formula is C17H15N4O3-. The predicted octanol–water partition coefficient (Wildman–Crippen LogP) is 1.53. The van der Waals surface area contributed by atoms with Crippen molar-refractivity contribution in [2.45, 2.75) is 6.92 Å². The van der Waals surface area contributed by atoms with Crippen LogP contribution in [0.3, 0.4) is 0 Å². The number of imidazole rings is 1. The van der Waals surface area contributed by atoms with Crippen molar-refractivity contribution >= 4 is 28.7 Å². The van der Waals surface area contributed by atoms with Crippen LogP contribution in [-0.2, 0) is 4.79 Å². The first-order chi connectivity index (χ1) is 11.6. The Morgan fingerprint density at radius 2 is 2.12 bits per heavy atom. The molecule has 1 aromatic heterocycles. The fourth-order valence-electron chi connectivity index (χ4n) is 2.16. The number of ether oxygens (including phenoxy) is 1. The molecule has 3 rings (SSSR count). The maximum Gasteiger partial charge on any atom is 0.222 e. The van der Waals surface area contributed by atoms with Gasteiger partial charge in [0, 0.05) is 5.56 Å². The molecule has 2 N–H and O–H groups in total. The first kappa shape index (κ1) is 15.5. The Labute approximate surface area is 138 Å². The largest absolute Gasteiger partial charge is 0.546 e. The van der Waals surface area contributed by atoms with Crippen LogP contribution in [0.15, 0.2) is 53.6 Å². The molecule has 122 valence electrons. The molecule has 0 saturated carbocycles. The second-order valence-electron chi connectivity index (χ2n) is 5.10. The molecule has 2 aromatic carbocycles. The molecule has 0 fully saturated rings. The summed E-state index contributed by atoms with van der Waals surface area (Å²) in [6.45, 7) is 1.34. The number of carboxylic acid groups (broad SMARTS) is 1. The fourth-order valence-corrected chi connectivity index (χ4v) is 2.16. The summed E-state index contributed by atoms with van der Waals surface area (Å²) in [5.74, 6) is -0.285. The molecule has 0 radical (unpaired) electrons. The molecular weight excluding hydrogens is 308 g/mol. The third-order valence-electron chi connectivity index (χ3n) is 3.33. The number of rotatable bonds is 6. The van der Waals surface area contributed by atoms with Gasteiger partial charge in [-0.05, 0) is 31.2 Å². The predicted molar refractivity (Wildman–Crippen MR) is 88.9 cm³/mol. The highest BCUT2D eigenvalue weighted by Gasteiger charge is 2.03. The molecule has 7 heteroatoms. The van der Waals surface area contributed by atoms with Gasteiger partial charge in [0.15, 0.2) is 0 Å². The van der Waals surface area contributed by atoms with E-state index in [0.29, 0.717) is 17.4 Å². The van der Waals surface area contributed by atoms with E-state index in [1.807, 2.05) is 37.3 Å². The molecule has 0 aliphatic heterocycles. The molecule has 0 aliphatic carbocycles. The number of anilines is 1. The van der Waals surface area contributed by atoms with Crippen molar-refractivity contribution in [1.29, 1.82) is 0 Å². The fraction of sp³-hybridized carbons (Fsp3) is 0.118. The summed E-state index contributed by atoms with van der Waals surface area (Å²) in [5, 5.41) is 14.7. The lowest BCUT2D eigenvalue weighted by atomic mass is 10.1. The van der Waals surface area contributed by atoms with E-state index < -0.39 is 12.6 Å². The second-order valence-corrected chi connectivity index (χ2v) is 5.10. The normalized spacial score (nSPS) is 11.5. The minimum atomic E-state index is -1.27. The quantitative estimate of drug-likeness (QED) is 0.529. The van der Waals surface area contributed by atoms with E-state index in [1.165, 1.54) is 0 Å². The van der Waals surface area contributed by atoms with Gasteiger partial charge >= 0.3 is 0 Å². The Morgan fingerprint density at radius 3 is 2.92 bits per heavy atom. The third-order valence-corrected chi connectivity index (χ3v) is 3.33. The third kappa shape index (κ3) is 3.70. The smallest absolute Gasteiger partial charge is 0.222 e. The molecule has 0 amide bonds. The lowest BCUT2D eigenvalue weighted by molar-refractivity contribution is -0.307. The lowest BCUT2D eigenvalue weighted by Gasteiger charge is -2.08. The van der Waals surface area contributed by atoms with E-state index >= 15 is 0 Å². The highest BCUT2D eigenvalue weighted by atomic mass is 16.5. The number of aromatic nitrogens is 2. The van der Waals surface area contributed by atoms with Gasteiger partial charge in [-0.25, -0.2) is 10.4 Å². The van der Waals surface area contributed by atoms with Gasteiger partial charge in [-0.1, -0.05) is 24.3 Å². The summed E-state index contributed by atoms with van der Waals surface area (Å²) in [7, 11) is 0. The Kier molecular flexibility index (Phi) is 4.42. The van der Waals surface area contributed by atoms with E-state index in [2.05, 4.69) is 20.5 Å². The highest BCUT2D eigenvalue weighted by Crippen LogP contribution is 2.15. The molecule has 0 bridgehead atoms. The summed E-state index contributed by atoms with van der Waals surface area (Å²) in [5.41, 5.74) is 6.16. The van der Waals surface area contributed by atoms with Gasteiger partial charge in [-0.3, -0.25) is 0 Å². The Bertz CT molecular complexity index is 868. The number of fused-ring (bicyclic) bond motifs is 1. The van der Waals surface area contributed by atoms with E-state index in [-0.39, 0.29) is 0 Å². The Morgan fingerprint density at radius 1 is 1.29 bits per heavy atom. The van der Waals surface area contributed by atoms with Crippen molar-refractivity contribution in [3.05, 3.63) is 54.1 Å². The molecule has 3 aromatic rings. The maximum absolute atomic E-state index is 10.4. The molecule has 0 spiro atoms. The highest BCUT2D eigenvalue weighted by molar-refractivity contribution is 5.99. The van der Waals surface area contributed by atoms with Crippen LogP contribution in [0, 0.1) is 0 Å². The SMILES string of the molecule is C/C(=N/Nc1nc2ccccc2[nH]1)c1cccc(OCC(=O)[O-])c1. The molecule has 24 heavy (non-hydrogen) atoms. The number of aliphatic carboxylic acids is 1. The number of carboxylic acids is 1. The van der Waals surface area contributed by atoms with Gasteiger partial charge in [-0.2, -0.15) is 5.10 Å². The summed E-state index contributed by atoms with van der Waals surface area (Å²) < 4.78 is 5.10. The van der Waals surface area contributed by atoms with Crippen molar-refractivity contribution in [2.24, 2.45) is 5.10 Å². The van der Waals surface area contributed by atoms with Gasteiger partial charge in [0.2, 0.25) is 5.95 Å². The second kappa shape index (κ2) is 6.82. The number of hydrazone groups is 1. The average molecular weight is 323 g/mol. The number of nitrogens with one attached hydrogen (secondary N) is 2. The van der Waals surface area contributed by atoms with Crippen LogP contribution in [0.1, 0.15) is 12.5 Å². The number of hydrogen-bond acceptors (Lipinski definition) is 6. The summed E-state index contributed by atoms with van der Waals surface area (Å²) in [6.07, 6.45) is 0. The van der Waals surface area contributed by atoms with Gasteiger partial charge in [0.05, 0.1) is 22.7 Å². The van der Waals surface area contributed by atoms with Gasteiger partial charge in [0.1, 0.15) is 12.4 Å². The molecule has 7 nitrogen and oxygen atoms in total. The topological polar surface area (TPSA) is 102 Å². The number of hydrogen-bond donors (Lipinski definition) is 2. The number of benzene rings is 2. The Balaban J connectivity index is 1.73. The lowest BCUT2D eigenvalue weighted by Crippen LogP contribution is -2.28. The monoisotopic (exact) mass is 323 g/mol. The zero-order valence-corrected chi connectivity index (χ0v) is 12.9. The maximum atomic E-state index is 10.4. The minimum Gasteiger partial charge on any atom is -0.546 e. The first-order valence-corrected chi connectivity index (χ1v) is 7.30. The van der Waals surface area contributed by atoms with E-state index in [4.69, 9.17) is 4.74 Å². The molecule has 0 atom stereocenters. The molecule has 0 unspecified atom stereocenters. The number of aromatic amines is 1. The number of carbonyl (C=O) groups is 1. The van der Waals surface area contributed by atoms with Crippen LogP contribution in [0.5, 0.6) is 5.75 Å². The van der Waals surface area contributed by atoms with Gasteiger partial charge in [0.25, 0.3) is 0 Å². The van der Waals surface area contributed by atoms with Crippen LogP contribution >= 0.6 is 0 Å². The van der Waals surface area contributed by atoms with Crippen LogP contribution in [0.2, 0.25) is 0 Å². The number of para-hydroxylation sites is 2. The zero-order valence-electron chi connectivity index (χ0n) is 12.9. The number of H-pyrrole nitrogens is 1. The van der Waals surface area contributed by atoms with Crippen molar-refractivity contribution in [1.82, 2.24) is 9.97 Å². The van der Waals surface area contributed by atoms with Crippen LogP contribution in [0.4, 0.5) is 5.95 Å².